The summed E-state index contributed by atoms with van der Waals surface area (Å²) in [7, 11) is 0. The number of piperazine rings is 1. The molecule has 6 heteroatoms. The molecule has 178 valence electrons. The Labute approximate surface area is 206 Å². The number of aryl methyl sites for hydroxylation is 1. The molecular weight excluding hydrogens is 440 g/mol. The molecule has 5 rings (SSSR count). The number of hydrogen-bond donors (Lipinski definition) is 0. The molecule has 0 atom stereocenters. The molecule has 0 spiro atoms. The van der Waals surface area contributed by atoms with E-state index in [2.05, 4.69) is 79.1 Å². The summed E-state index contributed by atoms with van der Waals surface area (Å²) < 4.78 is 7.27. The molecule has 0 bridgehead atoms. The smallest absolute Gasteiger partial charge is 0.121 e. The number of fused-ring (bicyclic) bond motifs is 2. The average molecular weight is 475 g/mol. The van der Waals surface area contributed by atoms with E-state index in [1.165, 1.54) is 20.8 Å². The lowest BCUT2D eigenvalue weighted by molar-refractivity contribution is 0.239. The number of thiazole rings is 1. The summed E-state index contributed by atoms with van der Waals surface area (Å²) in [5, 5.41) is 2.42. The standard InChI is InChI=1S/C28H34N4OS/c1-20(2)28-30-24-19-23(11-12-26(24)34-28)33-18-5-4-13-31-14-16-32(17-15-31)25-8-6-7-22-10-9-21(3)29-27(22)25/h6-12,19-20H,4-5,13-18H2,1-3H3. The topological polar surface area (TPSA) is 41.5 Å². The van der Waals surface area contributed by atoms with E-state index in [4.69, 9.17) is 14.7 Å². The third-order valence-corrected chi connectivity index (χ3v) is 7.90. The molecule has 1 saturated heterocycles. The van der Waals surface area contributed by atoms with E-state index >= 15 is 0 Å². The lowest BCUT2D eigenvalue weighted by Gasteiger charge is -2.36. The van der Waals surface area contributed by atoms with Crippen molar-refractivity contribution in [2.45, 2.75) is 39.5 Å². The van der Waals surface area contributed by atoms with Gasteiger partial charge >= 0.3 is 0 Å². The molecule has 0 aliphatic carbocycles. The van der Waals surface area contributed by atoms with E-state index in [0.29, 0.717) is 5.92 Å². The fourth-order valence-corrected chi connectivity index (χ4v) is 5.54. The van der Waals surface area contributed by atoms with Crippen molar-refractivity contribution >= 4 is 38.1 Å². The van der Waals surface area contributed by atoms with Gasteiger partial charge in [-0.15, -0.1) is 11.3 Å². The highest BCUT2D eigenvalue weighted by Gasteiger charge is 2.19. The first-order valence-corrected chi connectivity index (χ1v) is 13.3. The lowest BCUT2D eigenvalue weighted by Crippen LogP contribution is -2.46. The molecule has 2 aromatic heterocycles. The van der Waals surface area contributed by atoms with Crippen molar-refractivity contribution in [2.75, 3.05) is 44.2 Å². The van der Waals surface area contributed by atoms with E-state index in [-0.39, 0.29) is 0 Å². The molecule has 1 fully saturated rings. The van der Waals surface area contributed by atoms with Crippen molar-refractivity contribution in [3.8, 4) is 5.75 Å². The van der Waals surface area contributed by atoms with Crippen LogP contribution in [0.15, 0.2) is 48.5 Å². The quantitative estimate of drug-likeness (QED) is 0.282. The van der Waals surface area contributed by atoms with E-state index in [1.54, 1.807) is 11.3 Å². The Morgan fingerprint density at radius 1 is 0.971 bits per heavy atom. The van der Waals surface area contributed by atoms with E-state index in [1.807, 2.05) is 0 Å². The molecular formula is C28H34N4OS. The largest absolute Gasteiger partial charge is 0.494 e. The highest BCUT2D eigenvalue weighted by Crippen LogP contribution is 2.30. The third-order valence-electron chi connectivity index (χ3n) is 6.56. The number of pyridine rings is 1. The van der Waals surface area contributed by atoms with Crippen LogP contribution in [0.2, 0.25) is 0 Å². The number of nitrogens with zero attached hydrogens (tertiary/aromatic N) is 4. The van der Waals surface area contributed by atoms with Crippen molar-refractivity contribution in [3.63, 3.8) is 0 Å². The van der Waals surface area contributed by atoms with Crippen molar-refractivity contribution in [1.82, 2.24) is 14.9 Å². The monoisotopic (exact) mass is 474 g/mol. The summed E-state index contributed by atoms with van der Waals surface area (Å²) in [6.45, 7) is 12.6. The van der Waals surface area contributed by atoms with Crippen molar-refractivity contribution in [3.05, 3.63) is 59.2 Å². The number of ether oxygens (including phenoxy) is 1. The summed E-state index contributed by atoms with van der Waals surface area (Å²) in [6, 6.07) is 17.1. The Balaban J connectivity index is 1.06. The second-order valence-corrected chi connectivity index (χ2v) is 10.6. The fourth-order valence-electron chi connectivity index (χ4n) is 4.59. The number of aromatic nitrogens is 2. The zero-order valence-electron chi connectivity index (χ0n) is 20.5. The Hall–Kier alpha value is -2.70. The maximum absolute atomic E-state index is 6.03. The Morgan fingerprint density at radius 3 is 2.65 bits per heavy atom. The van der Waals surface area contributed by atoms with Gasteiger partial charge in [0.25, 0.3) is 0 Å². The second-order valence-electron chi connectivity index (χ2n) is 9.52. The van der Waals surface area contributed by atoms with Crippen LogP contribution in [0.4, 0.5) is 5.69 Å². The lowest BCUT2D eigenvalue weighted by atomic mass is 10.1. The second kappa shape index (κ2) is 10.3. The van der Waals surface area contributed by atoms with Gasteiger partial charge in [-0.2, -0.15) is 0 Å². The first kappa shape index (κ1) is 23.1. The van der Waals surface area contributed by atoms with Gasteiger partial charge < -0.3 is 9.64 Å². The maximum atomic E-state index is 6.03. The molecule has 2 aromatic carbocycles. The molecule has 34 heavy (non-hydrogen) atoms. The summed E-state index contributed by atoms with van der Waals surface area (Å²) in [5.41, 5.74) is 4.53. The van der Waals surface area contributed by atoms with Gasteiger partial charge in [0.2, 0.25) is 0 Å². The zero-order valence-corrected chi connectivity index (χ0v) is 21.3. The number of unbranched alkanes of at least 4 members (excludes halogenated alkanes) is 1. The first-order chi connectivity index (χ1) is 16.6. The molecule has 0 amide bonds. The molecule has 0 unspecified atom stereocenters. The van der Waals surface area contributed by atoms with Gasteiger partial charge in [-0.05, 0) is 50.6 Å². The minimum atomic E-state index is 0.469. The summed E-state index contributed by atoms with van der Waals surface area (Å²) >= 11 is 1.78. The molecule has 5 nitrogen and oxygen atoms in total. The Morgan fingerprint density at radius 2 is 1.82 bits per heavy atom. The fraction of sp³-hybridized carbons (Fsp3) is 0.429. The average Bonchev–Trinajstić information content (AvgIpc) is 3.28. The molecule has 0 N–H and O–H groups in total. The minimum absolute atomic E-state index is 0.469. The van der Waals surface area contributed by atoms with Crippen LogP contribution in [-0.4, -0.2) is 54.2 Å². The van der Waals surface area contributed by atoms with Crippen molar-refractivity contribution < 1.29 is 4.74 Å². The van der Waals surface area contributed by atoms with Crippen LogP contribution >= 0.6 is 11.3 Å². The maximum Gasteiger partial charge on any atom is 0.121 e. The molecule has 4 aromatic rings. The molecule has 1 aliphatic rings. The predicted octanol–water partition coefficient (Wildman–Crippen LogP) is 6.26. The SMILES string of the molecule is Cc1ccc2cccc(N3CCN(CCCCOc4ccc5sc(C(C)C)nc5c4)CC3)c2n1. The normalized spacial score (nSPS) is 15.0. The van der Waals surface area contributed by atoms with E-state index in [9.17, 15) is 0 Å². The molecule has 0 radical (unpaired) electrons. The first-order valence-electron chi connectivity index (χ1n) is 12.4. The Bertz CT molecular complexity index is 1260. The van der Waals surface area contributed by atoms with Gasteiger partial charge in [0.15, 0.2) is 0 Å². The highest BCUT2D eigenvalue weighted by molar-refractivity contribution is 7.18. The zero-order chi connectivity index (χ0) is 23.5. The summed E-state index contributed by atoms with van der Waals surface area (Å²) in [4.78, 5) is 14.6. The van der Waals surface area contributed by atoms with Crippen LogP contribution in [0, 0.1) is 6.92 Å². The number of para-hydroxylation sites is 1. The van der Waals surface area contributed by atoms with Crippen molar-refractivity contribution in [2.24, 2.45) is 0 Å². The number of benzene rings is 2. The Kier molecular flexibility index (Phi) is 6.97. The molecule has 1 aliphatic heterocycles. The van der Waals surface area contributed by atoms with Crippen LogP contribution in [0.1, 0.15) is 43.3 Å². The van der Waals surface area contributed by atoms with Gasteiger partial charge in [0.05, 0.1) is 33.0 Å². The third kappa shape index (κ3) is 5.18. The van der Waals surface area contributed by atoms with Gasteiger partial charge in [0.1, 0.15) is 5.75 Å². The van der Waals surface area contributed by atoms with Gasteiger partial charge in [-0.25, -0.2) is 4.98 Å². The van der Waals surface area contributed by atoms with E-state index < -0.39 is 0 Å². The number of hydrogen-bond acceptors (Lipinski definition) is 6. The van der Waals surface area contributed by atoms with Crippen LogP contribution < -0.4 is 9.64 Å². The van der Waals surface area contributed by atoms with Gasteiger partial charge in [-0.1, -0.05) is 32.0 Å². The van der Waals surface area contributed by atoms with Crippen LogP contribution in [0.5, 0.6) is 5.75 Å². The number of anilines is 1. The summed E-state index contributed by atoms with van der Waals surface area (Å²) in [5.74, 6) is 1.40. The molecule has 3 heterocycles. The van der Waals surface area contributed by atoms with E-state index in [0.717, 1.165) is 74.6 Å². The molecule has 0 saturated carbocycles. The van der Waals surface area contributed by atoms with Crippen LogP contribution in [-0.2, 0) is 0 Å². The summed E-state index contributed by atoms with van der Waals surface area (Å²) in [6.07, 6.45) is 2.23. The minimum Gasteiger partial charge on any atom is -0.494 e. The predicted molar refractivity (Wildman–Crippen MR) is 144 cm³/mol. The van der Waals surface area contributed by atoms with Crippen LogP contribution in [0.3, 0.4) is 0 Å². The highest BCUT2D eigenvalue weighted by atomic mass is 32.1. The van der Waals surface area contributed by atoms with Crippen molar-refractivity contribution in [1.29, 1.82) is 0 Å². The van der Waals surface area contributed by atoms with Gasteiger partial charge in [0, 0.05) is 49.2 Å². The number of rotatable bonds is 8. The van der Waals surface area contributed by atoms with Gasteiger partial charge in [-0.3, -0.25) is 9.88 Å². The van der Waals surface area contributed by atoms with Crippen LogP contribution in [0.25, 0.3) is 21.1 Å².